The third-order valence-corrected chi connectivity index (χ3v) is 2.46. The Labute approximate surface area is 103 Å². The molecule has 3 nitrogen and oxygen atoms in total. The molecule has 0 bridgehead atoms. The van der Waals surface area contributed by atoms with Gasteiger partial charge in [-0.15, -0.1) is 0 Å². The summed E-state index contributed by atoms with van der Waals surface area (Å²) in [6, 6.07) is 9.23. The number of aryl methyl sites for hydroxylation is 1. The lowest BCUT2D eigenvalue weighted by molar-refractivity contribution is 1.10. The van der Waals surface area contributed by atoms with Gasteiger partial charge in [0.1, 0.15) is 5.82 Å². The third-order valence-electron chi connectivity index (χ3n) is 1.96. The van der Waals surface area contributed by atoms with Crippen molar-refractivity contribution in [3.8, 4) is 0 Å². The maximum absolute atomic E-state index is 6.01. The van der Waals surface area contributed by atoms with Gasteiger partial charge in [0.15, 0.2) is 0 Å². The molecule has 0 atom stereocenters. The maximum atomic E-state index is 6.01. The van der Waals surface area contributed by atoms with E-state index >= 15 is 0 Å². The van der Waals surface area contributed by atoms with Gasteiger partial charge in [0.2, 0.25) is 5.28 Å². The van der Waals surface area contributed by atoms with Gasteiger partial charge >= 0.3 is 0 Å². The lowest BCUT2D eigenvalue weighted by Gasteiger charge is -2.07. The van der Waals surface area contributed by atoms with E-state index in [4.69, 9.17) is 23.2 Å². The molecule has 0 spiro atoms. The predicted molar refractivity (Wildman–Crippen MR) is 66.5 cm³/mol. The standard InChI is InChI=1S/C11H9Cl2N3/c1-7-6-10(16-11(13)14-7)15-9-5-3-2-4-8(9)12/h2-6H,1H3,(H,14,15,16). The fourth-order valence-electron chi connectivity index (χ4n) is 1.30. The largest absolute Gasteiger partial charge is 0.339 e. The average Bonchev–Trinajstić information content (AvgIpc) is 2.20. The zero-order valence-electron chi connectivity index (χ0n) is 8.54. The number of hydrogen-bond donors (Lipinski definition) is 1. The van der Waals surface area contributed by atoms with Crippen LogP contribution in [0.4, 0.5) is 11.5 Å². The van der Waals surface area contributed by atoms with Crippen LogP contribution < -0.4 is 5.32 Å². The highest BCUT2D eigenvalue weighted by atomic mass is 35.5. The molecule has 0 aliphatic rings. The number of aromatic nitrogens is 2. The second-order valence-corrected chi connectivity index (χ2v) is 4.01. The molecular formula is C11H9Cl2N3. The van der Waals surface area contributed by atoms with Gasteiger partial charge in [-0.2, -0.15) is 0 Å². The van der Waals surface area contributed by atoms with E-state index in [0.717, 1.165) is 11.4 Å². The minimum absolute atomic E-state index is 0.217. The Kier molecular flexibility index (Phi) is 3.27. The lowest BCUT2D eigenvalue weighted by atomic mass is 10.3. The number of para-hydroxylation sites is 1. The summed E-state index contributed by atoms with van der Waals surface area (Å²) in [5.41, 5.74) is 1.59. The molecule has 0 radical (unpaired) electrons. The molecule has 0 aliphatic carbocycles. The van der Waals surface area contributed by atoms with Gasteiger partial charge in [-0.1, -0.05) is 23.7 Å². The summed E-state index contributed by atoms with van der Waals surface area (Å²) in [6.07, 6.45) is 0. The van der Waals surface area contributed by atoms with Gasteiger partial charge in [0.05, 0.1) is 10.7 Å². The molecule has 5 heteroatoms. The van der Waals surface area contributed by atoms with Crippen LogP contribution in [0, 0.1) is 6.92 Å². The predicted octanol–water partition coefficient (Wildman–Crippen LogP) is 3.84. The summed E-state index contributed by atoms with van der Waals surface area (Å²) < 4.78 is 0. The summed E-state index contributed by atoms with van der Waals surface area (Å²) in [7, 11) is 0. The van der Waals surface area contributed by atoms with Crippen LogP contribution in [-0.4, -0.2) is 9.97 Å². The third kappa shape index (κ3) is 2.62. The monoisotopic (exact) mass is 253 g/mol. The van der Waals surface area contributed by atoms with Crippen molar-refractivity contribution in [2.75, 3.05) is 5.32 Å². The fraction of sp³-hybridized carbons (Fsp3) is 0.0909. The molecule has 0 aliphatic heterocycles. The zero-order valence-corrected chi connectivity index (χ0v) is 10.0. The van der Waals surface area contributed by atoms with Crippen molar-refractivity contribution in [2.45, 2.75) is 6.92 Å². The number of hydrogen-bond acceptors (Lipinski definition) is 3. The van der Waals surface area contributed by atoms with Gasteiger partial charge < -0.3 is 5.32 Å². The maximum Gasteiger partial charge on any atom is 0.224 e. The molecule has 16 heavy (non-hydrogen) atoms. The summed E-state index contributed by atoms with van der Waals surface area (Å²) >= 11 is 11.8. The Morgan fingerprint density at radius 3 is 2.56 bits per heavy atom. The van der Waals surface area contributed by atoms with Crippen LogP contribution in [0.3, 0.4) is 0 Å². The highest BCUT2D eigenvalue weighted by Crippen LogP contribution is 2.24. The molecule has 1 aromatic carbocycles. The van der Waals surface area contributed by atoms with Crippen molar-refractivity contribution in [1.29, 1.82) is 0 Å². The summed E-state index contributed by atoms with van der Waals surface area (Å²) in [6.45, 7) is 1.85. The normalized spacial score (nSPS) is 10.2. The van der Waals surface area contributed by atoms with Crippen molar-refractivity contribution >= 4 is 34.7 Å². The van der Waals surface area contributed by atoms with E-state index < -0.39 is 0 Å². The Morgan fingerprint density at radius 1 is 1.12 bits per heavy atom. The van der Waals surface area contributed by atoms with Gasteiger partial charge in [0.25, 0.3) is 0 Å². The zero-order chi connectivity index (χ0) is 11.5. The van der Waals surface area contributed by atoms with Gasteiger partial charge in [-0.25, -0.2) is 9.97 Å². The number of nitrogens with zero attached hydrogens (tertiary/aromatic N) is 2. The molecule has 0 unspecified atom stereocenters. The van der Waals surface area contributed by atoms with Gasteiger partial charge in [0, 0.05) is 11.8 Å². The fourth-order valence-corrected chi connectivity index (χ4v) is 1.70. The summed E-state index contributed by atoms with van der Waals surface area (Å²) in [5, 5.41) is 3.94. The van der Waals surface area contributed by atoms with E-state index in [1.807, 2.05) is 25.1 Å². The first kappa shape index (κ1) is 11.2. The Hall–Kier alpha value is -1.32. The smallest absolute Gasteiger partial charge is 0.224 e. The number of halogens is 2. The quantitative estimate of drug-likeness (QED) is 0.827. The molecule has 0 fully saturated rings. The van der Waals surface area contributed by atoms with Crippen molar-refractivity contribution in [3.63, 3.8) is 0 Å². The first-order chi connectivity index (χ1) is 7.65. The van der Waals surface area contributed by atoms with E-state index in [1.165, 1.54) is 0 Å². The van der Waals surface area contributed by atoms with E-state index in [9.17, 15) is 0 Å². The van der Waals surface area contributed by atoms with E-state index in [2.05, 4.69) is 15.3 Å². The van der Waals surface area contributed by atoms with Crippen molar-refractivity contribution < 1.29 is 0 Å². The molecule has 0 amide bonds. The molecule has 82 valence electrons. The Balaban J connectivity index is 2.30. The number of benzene rings is 1. The van der Waals surface area contributed by atoms with Crippen LogP contribution >= 0.6 is 23.2 Å². The molecule has 1 heterocycles. The lowest BCUT2D eigenvalue weighted by Crippen LogP contribution is -1.97. The van der Waals surface area contributed by atoms with Gasteiger partial charge in [-0.3, -0.25) is 0 Å². The Bertz CT molecular complexity index is 494. The van der Waals surface area contributed by atoms with E-state index in [0.29, 0.717) is 10.8 Å². The van der Waals surface area contributed by atoms with Crippen LogP contribution in [-0.2, 0) is 0 Å². The van der Waals surface area contributed by atoms with Crippen LogP contribution in [0.5, 0.6) is 0 Å². The van der Waals surface area contributed by atoms with Crippen molar-refractivity contribution in [3.05, 3.63) is 46.3 Å². The highest BCUT2D eigenvalue weighted by molar-refractivity contribution is 6.33. The summed E-state index contributed by atoms with van der Waals surface area (Å²) in [5.74, 6) is 0.630. The van der Waals surface area contributed by atoms with Crippen LogP contribution in [0.15, 0.2) is 30.3 Å². The molecule has 0 saturated carbocycles. The number of anilines is 2. The number of rotatable bonds is 2. The average molecular weight is 254 g/mol. The van der Waals surface area contributed by atoms with Crippen LogP contribution in [0.25, 0.3) is 0 Å². The van der Waals surface area contributed by atoms with Crippen molar-refractivity contribution in [2.24, 2.45) is 0 Å². The topological polar surface area (TPSA) is 37.8 Å². The van der Waals surface area contributed by atoms with E-state index in [1.54, 1.807) is 12.1 Å². The minimum atomic E-state index is 0.217. The molecular weight excluding hydrogens is 245 g/mol. The first-order valence-corrected chi connectivity index (χ1v) is 5.43. The molecule has 2 rings (SSSR count). The Morgan fingerprint density at radius 2 is 1.88 bits per heavy atom. The van der Waals surface area contributed by atoms with Gasteiger partial charge in [-0.05, 0) is 30.7 Å². The molecule has 0 saturated heterocycles. The second-order valence-electron chi connectivity index (χ2n) is 3.27. The molecule has 2 aromatic rings. The van der Waals surface area contributed by atoms with E-state index in [-0.39, 0.29) is 5.28 Å². The SMILES string of the molecule is Cc1cc(Nc2ccccc2Cl)nc(Cl)n1. The van der Waals surface area contributed by atoms with Crippen molar-refractivity contribution in [1.82, 2.24) is 9.97 Å². The summed E-state index contributed by atoms with van der Waals surface area (Å²) in [4.78, 5) is 8.03. The van der Waals surface area contributed by atoms with Crippen LogP contribution in [0.2, 0.25) is 10.3 Å². The minimum Gasteiger partial charge on any atom is -0.339 e. The molecule has 1 N–H and O–H groups in total. The van der Waals surface area contributed by atoms with Crippen LogP contribution in [0.1, 0.15) is 5.69 Å². The number of nitrogens with one attached hydrogen (secondary N) is 1. The molecule has 1 aromatic heterocycles. The second kappa shape index (κ2) is 4.68. The first-order valence-electron chi connectivity index (χ1n) is 4.68. The highest BCUT2D eigenvalue weighted by Gasteiger charge is 2.02.